The fraction of sp³-hybridized carbons (Fsp3) is 0.407. The van der Waals surface area contributed by atoms with Gasteiger partial charge in [0.15, 0.2) is 5.11 Å². The molecule has 1 aliphatic heterocycles. The van der Waals surface area contributed by atoms with Gasteiger partial charge in [0.2, 0.25) is 0 Å². The number of rotatable bonds is 7. The number of hydrogen-bond donors (Lipinski definition) is 2. The highest BCUT2D eigenvalue weighted by Gasteiger charge is 2.27. The van der Waals surface area contributed by atoms with E-state index >= 15 is 0 Å². The highest BCUT2D eigenvalue weighted by Crippen LogP contribution is 2.23. The lowest BCUT2D eigenvalue weighted by Gasteiger charge is -2.32. The molecule has 6 nitrogen and oxygen atoms in total. The van der Waals surface area contributed by atoms with E-state index in [2.05, 4.69) is 46.1 Å². The second-order valence-corrected chi connectivity index (χ2v) is 9.45. The number of fused-ring (bicyclic) bond motifs is 1. The minimum Gasteiger partial charge on any atom is -0.497 e. The summed E-state index contributed by atoms with van der Waals surface area (Å²) in [5.74, 6) is 0.768. The number of thiocarbonyl (C=S) groups is 1. The molecule has 2 aromatic carbocycles. The van der Waals surface area contributed by atoms with Gasteiger partial charge in [0.25, 0.3) is 5.56 Å². The van der Waals surface area contributed by atoms with Gasteiger partial charge in [-0.2, -0.15) is 0 Å². The summed E-state index contributed by atoms with van der Waals surface area (Å²) in [7, 11) is 1.65. The third-order valence-corrected chi connectivity index (χ3v) is 7.29. The first-order valence-electron chi connectivity index (χ1n) is 12.0. The Morgan fingerprint density at radius 1 is 1.26 bits per heavy atom. The molecule has 1 aliphatic rings. The Morgan fingerprint density at radius 2 is 2.09 bits per heavy atom. The molecule has 7 heteroatoms. The number of pyridine rings is 1. The van der Waals surface area contributed by atoms with Crippen molar-refractivity contribution in [2.45, 2.75) is 46.2 Å². The van der Waals surface area contributed by atoms with E-state index in [1.165, 1.54) is 12.0 Å². The van der Waals surface area contributed by atoms with Crippen LogP contribution in [-0.2, 0) is 6.54 Å². The van der Waals surface area contributed by atoms with Crippen molar-refractivity contribution >= 4 is 33.9 Å². The number of aromatic amines is 1. The van der Waals surface area contributed by atoms with Crippen molar-refractivity contribution in [1.82, 2.24) is 14.8 Å². The second kappa shape index (κ2) is 10.6. The van der Waals surface area contributed by atoms with Crippen LogP contribution in [0.15, 0.2) is 47.3 Å². The van der Waals surface area contributed by atoms with E-state index in [0.717, 1.165) is 54.0 Å². The number of likely N-dealkylation sites (tertiary alicyclic amines) is 1. The molecule has 0 amide bonds. The smallest absolute Gasteiger partial charge is 0.253 e. The third-order valence-electron chi connectivity index (χ3n) is 6.93. The molecule has 0 spiro atoms. The zero-order valence-electron chi connectivity index (χ0n) is 20.5. The van der Waals surface area contributed by atoms with Crippen LogP contribution < -0.4 is 15.6 Å². The standard InChI is InChI=1S/C27H34N4O2S/c1-5-30-13-7-9-23(30)17-31(27(34)28-22-8-6-10-24(15-22)33-4)16-21-14-20-12-11-18(2)19(3)25(20)29-26(21)32/h6,8,10-12,14-15,23H,5,7,9,13,16-17H2,1-4H3,(H,28,34)(H,29,32)/t23-/m1/s1. The molecule has 0 saturated carbocycles. The molecule has 0 aliphatic carbocycles. The highest BCUT2D eigenvalue weighted by atomic mass is 32.1. The van der Waals surface area contributed by atoms with Gasteiger partial charge in [-0.25, -0.2) is 0 Å². The summed E-state index contributed by atoms with van der Waals surface area (Å²) >= 11 is 5.87. The zero-order chi connectivity index (χ0) is 24.2. The molecular formula is C27H34N4O2S. The normalized spacial score (nSPS) is 16.1. The molecular weight excluding hydrogens is 444 g/mol. The molecule has 180 valence electrons. The number of H-pyrrole nitrogens is 1. The van der Waals surface area contributed by atoms with Crippen molar-refractivity contribution in [3.8, 4) is 5.75 Å². The Balaban J connectivity index is 1.63. The monoisotopic (exact) mass is 478 g/mol. The fourth-order valence-corrected chi connectivity index (χ4v) is 5.05. The summed E-state index contributed by atoms with van der Waals surface area (Å²) < 4.78 is 5.35. The van der Waals surface area contributed by atoms with Gasteiger partial charge in [-0.3, -0.25) is 9.69 Å². The topological polar surface area (TPSA) is 60.6 Å². The third kappa shape index (κ3) is 5.26. The minimum absolute atomic E-state index is 0.0610. The Labute approximate surface area is 206 Å². The Morgan fingerprint density at radius 3 is 2.85 bits per heavy atom. The maximum absolute atomic E-state index is 13.1. The number of anilines is 1. The first-order valence-corrected chi connectivity index (χ1v) is 12.4. The Bertz CT molecular complexity index is 1240. The van der Waals surface area contributed by atoms with Gasteiger partial charge < -0.3 is 19.9 Å². The van der Waals surface area contributed by atoms with Crippen LogP contribution in [0.3, 0.4) is 0 Å². The van der Waals surface area contributed by atoms with E-state index in [1.54, 1.807) is 7.11 Å². The van der Waals surface area contributed by atoms with Crippen molar-refractivity contribution in [2.75, 3.05) is 32.1 Å². The Kier molecular flexibility index (Phi) is 7.54. The largest absolute Gasteiger partial charge is 0.497 e. The van der Waals surface area contributed by atoms with E-state index in [4.69, 9.17) is 17.0 Å². The molecule has 34 heavy (non-hydrogen) atoms. The average molecular weight is 479 g/mol. The molecule has 1 fully saturated rings. The van der Waals surface area contributed by atoms with Crippen molar-refractivity contribution in [3.63, 3.8) is 0 Å². The minimum atomic E-state index is -0.0610. The maximum atomic E-state index is 13.1. The first kappa shape index (κ1) is 24.2. The number of nitrogens with zero attached hydrogens (tertiary/aromatic N) is 2. The van der Waals surface area contributed by atoms with Gasteiger partial charge in [-0.05, 0) is 86.7 Å². The fourth-order valence-electron chi connectivity index (χ4n) is 4.79. The number of likely N-dealkylation sites (N-methyl/N-ethyl adjacent to an activating group) is 1. The van der Waals surface area contributed by atoms with Crippen LogP contribution >= 0.6 is 12.2 Å². The summed E-state index contributed by atoms with van der Waals surface area (Å²) in [4.78, 5) is 20.8. The van der Waals surface area contributed by atoms with Gasteiger partial charge >= 0.3 is 0 Å². The van der Waals surface area contributed by atoms with Crippen molar-refractivity contribution < 1.29 is 4.74 Å². The SMILES string of the molecule is CCN1CCC[C@@H]1CN(Cc1cc2ccc(C)c(C)c2[nH]c1=O)C(=S)Nc1cccc(OC)c1. The van der Waals surface area contributed by atoms with Crippen molar-refractivity contribution in [2.24, 2.45) is 0 Å². The number of benzene rings is 2. The summed E-state index contributed by atoms with van der Waals surface area (Å²) in [5, 5.41) is 5.01. The number of nitrogens with one attached hydrogen (secondary N) is 2. The molecule has 1 aromatic heterocycles. The molecule has 1 saturated heterocycles. The van der Waals surface area contributed by atoms with Crippen LogP contribution in [0.1, 0.15) is 36.5 Å². The van der Waals surface area contributed by atoms with Crippen LogP contribution in [0.5, 0.6) is 5.75 Å². The lowest BCUT2D eigenvalue weighted by atomic mass is 10.0. The van der Waals surface area contributed by atoms with Gasteiger partial charge in [0.1, 0.15) is 5.75 Å². The molecule has 0 unspecified atom stereocenters. The molecule has 4 rings (SSSR count). The van der Waals surface area contributed by atoms with Gasteiger partial charge in [0.05, 0.1) is 19.2 Å². The van der Waals surface area contributed by atoms with Crippen LogP contribution in [-0.4, -0.2) is 52.7 Å². The summed E-state index contributed by atoms with van der Waals surface area (Å²) in [6.45, 7) is 9.66. The lowest BCUT2D eigenvalue weighted by Crippen LogP contribution is -2.44. The maximum Gasteiger partial charge on any atom is 0.253 e. The van der Waals surface area contributed by atoms with Crippen LogP contribution in [0.25, 0.3) is 10.9 Å². The number of methoxy groups -OCH3 is 1. The van der Waals surface area contributed by atoms with Crippen LogP contribution in [0.2, 0.25) is 0 Å². The molecule has 2 N–H and O–H groups in total. The summed E-state index contributed by atoms with van der Waals surface area (Å²) in [6.07, 6.45) is 2.33. The van der Waals surface area contributed by atoms with Crippen molar-refractivity contribution in [1.29, 1.82) is 0 Å². The lowest BCUT2D eigenvalue weighted by molar-refractivity contribution is 0.221. The number of ether oxygens (including phenoxy) is 1. The van der Waals surface area contributed by atoms with E-state index in [1.807, 2.05) is 37.3 Å². The van der Waals surface area contributed by atoms with Crippen LogP contribution in [0, 0.1) is 13.8 Å². The molecule has 2 heterocycles. The molecule has 3 aromatic rings. The van der Waals surface area contributed by atoms with E-state index < -0.39 is 0 Å². The van der Waals surface area contributed by atoms with E-state index in [9.17, 15) is 4.79 Å². The summed E-state index contributed by atoms with van der Waals surface area (Å²) in [5.41, 5.74) is 4.71. The average Bonchev–Trinajstić information content (AvgIpc) is 3.29. The number of aryl methyl sites for hydroxylation is 2. The van der Waals surface area contributed by atoms with Gasteiger partial charge in [-0.1, -0.05) is 25.1 Å². The van der Waals surface area contributed by atoms with E-state index in [-0.39, 0.29) is 5.56 Å². The Hall–Kier alpha value is -2.90. The van der Waals surface area contributed by atoms with Gasteiger partial charge in [-0.15, -0.1) is 0 Å². The second-order valence-electron chi connectivity index (χ2n) is 9.06. The van der Waals surface area contributed by atoms with Crippen molar-refractivity contribution in [3.05, 3.63) is 69.5 Å². The zero-order valence-corrected chi connectivity index (χ0v) is 21.3. The quantitative estimate of drug-likeness (QED) is 0.474. The van der Waals surface area contributed by atoms with E-state index in [0.29, 0.717) is 23.3 Å². The highest BCUT2D eigenvalue weighted by molar-refractivity contribution is 7.80. The summed E-state index contributed by atoms with van der Waals surface area (Å²) in [6, 6.07) is 14.3. The molecule has 0 bridgehead atoms. The number of aromatic nitrogens is 1. The number of hydrogen-bond acceptors (Lipinski definition) is 4. The predicted octanol–water partition coefficient (Wildman–Crippen LogP) is 4.84. The molecule has 1 atom stereocenters. The van der Waals surface area contributed by atoms with Gasteiger partial charge in [0, 0.05) is 29.9 Å². The predicted molar refractivity (Wildman–Crippen MR) is 144 cm³/mol. The van der Waals surface area contributed by atoms with Crippen LogP contribution in [0.4, 0.5) is 5.69 Å². The molecule has 0 radical (unpaired) electrons. The first-order chi connectivity index (χ1) is 16.4.